The second-order valence-electron chi connectivity index (χ2n) is 7.82. The first-order valence-corrected chi connectivity index (χ1v) is 11.5. The maximum atomic E-state index is 12.9. The van der Waals surface area contributed by atoms with Gasteiger partial charge < -0.3 is 0 Å². The molecule has 28 heavy (non-hydrogen) atoms. The minimum absolute atomic E-state index is 0.0701. The molecule has 3 aromatic rings. The van der Waals surface area contributed by atoms with Crippen molar-refractivity contribution >= 4 is 36.2 Å². The van der Waals surface area contributed by atoms with Gasteiger partial charge in [-0.25, -0.2) is 0 Å². The van der Waals surface area contributed by atoms with Gasteiger partial charge in [-0.2, -0.15) is 0 Å². The fourth-order valence-electron chi connectivity index (χ4n) is 2.99. The summed E-state index contributed by atoms with van der Waals surface area (Å²) in [6.07, 6.45) is -0.898. The average molecular weight is 441 g/mol. The molecule has 0 amide bonds. The van der Waals surface area contributed by atoms with Crippen LogP contribution in [0.15, 0.2) is 72.8 Å². The number of aliphatic hydroxyl groups excluding tert-OH is 1. The van der Waals surface area contributed by atoms with E-state index in [0.29, 0.717) is 5.32 Å². The Balaban J connectivity index is 1.85. The molecule has 1 N–H and O–H groups in total. The van der Waals surface area contributed by atoms with Crippen LogP contribution < -0.4 is 4.46 Å². The molecule has 2 atom stereocenters. The maximum absolute atomic E-state index is 12.9. The number of benzene rings is 3. The zero-order valence-corrected chi connectivity index (χ0v) is 18.2. The first kappa shape index (κ1) is 20.6. The Kier molecular flexibility index (Phi) is 6.56. The summed E-state index contributed by atoms with van der Waals surface area (Å²) in [5, 5.41) is 13.8. The molecule has 0 unspecified atom stereocenters. The number of rotatable bonds is 6. The molecule has 3 aromatic carbocycles. The third-order valence-corrected chi connectivity index (χ3v) is 6.75. The zero-order valence-electron chi connectivity index (χ0n) is 16.5. The van der Waals surface area contributed by atoms with Gasteiger partial charge >= 0.3 is 173 Å². The number of hydrogen-bond donors (Lipinski definition) is 1. The van der Waals surface area contributed by atoms with Crippen LogP contribution in [0.1, 0.15) is 32.4 Å². The second kappa shape index (κ2) is 8.91. The first-order valence-electron chi connectivity index (χ1n) is 9.41. The van der Waals surface area contributed by atoms with Crippen LogP contribution in [0.3, 0.4) is 0 Å². The van der Waals surface area contributed by atoms with Crippen LogP contribution in [0.25, 0.3) is 10.8 Å². The molecule has 0 heterocycles. The number of fused-ring (bicyclic) bond motifs is 1. The summed E-state index contributed by atoms with van der Waals surface area (Å²) in [6, 6.07) is 24.0. The molecule has 0 fully saturated rings. The first-order chi connectivity index (χ1) is 13.3. The van der Waals surface area contributed by atoms with E-state index in [4.69, 9.17) is 4.74 Å². The quantitative estimate of drug-likeness (QED) is 0.459. The van der Waals surface area contributed by atoms with Gasteiger partial charge in [-0.05, 0) is 0 Å². The molecular formula is C24H26O3Se. The van der Waals surface area contributed by atoms with Crippen LogP contribution in [0.5, 0.6) is 0 Å². The topological polar surface area (TPSA) is 46.5 Å². The van der Waals surface area contributed by atoms with Gasteiger partial charge in [0.15, 0.2) is 0 Å². The predicted octanol–water partition coefficient (Wildman–Crippen LogP) is 4.28. The zero-order chi connectivity index (χ0) is 20.1. The average Bonchev–Trinajstić information content (AvgIpc) is 2.67. The van der Waals surface area contributed by atoms with Crippen LogP contribution in [0.4, 0.5) is 0 Å². The van der Waals surface area contributed by atoms with Gasteiger partial charge in [-0.1, -0.05) is 0 Å². The van der Waals surface area contributed by atoms with E-state index in [-0.39, 0.29) is 20.9 Å². The van der Waals surface area contributed by atoms with Crippen molar-refractivity contribution in [3.8, 4) is 0 Å². The van der Waals surface area contributed by atoms with Crippen molar-refractivity contribution in [3.05, 3.63) is 78.4 Å². The SMILES string of the molecule is CC(C)(C)OC(=O)[C@H](C[Se]c1ccccc1)[C@@H](O)c1ccc2ccccc2c1. The normalized spacial score (nSPS) is 13.9. The molecule has 3 nitrogen and oxygen atoms in total. The molecule has 0 aromatic heterocycles. The summed E-state index contributed by atoms with van der Waals surface area (Å²) in [5.74, 6) is -0.938. The standard InChI is InChI=1S/C24H26O3Se/c1-24(2,3)27-23(26)21(16-28-20-11-5-4-6-12-20)22(25)19-14-13-17-9-7-8-10-18(17)15-19/h4-15,21-22,25H,16H2,1-3H3/t21-,22+/m1/s1. The monoisotopic (exact) mass is 442 g/mol. The number of aliphatic hydroxyl groups is 1. The molecule has 0 radical (unpaired) electrons. The summed E-state index contributed by atoms with van der Waals surface area (Å²) in [5.41, 5.74) is 0.163. The molecule has 0 spiro atoms. The van der Waals surface area contributed by atoms with Crippen molar-refractivity contribution in [2.75, 3.05) is 0 Å². The van der Waals surface area contributed by atoms with E-state index in [1.54, 1.807) is 0 Å². The Labute approximate surface area is 172 Å². The molecule has 0 aliphatic heterocycles. The minimum atomic E-state index is -0.898. The van der Waals surface area contributed by atoms with E-state index in [2.05, 4.69) is 12.1 Å². The van der Waals surface area contributed by atoms with E-state index in [9.17, 15) is 9.90 Å². The number of carbonyl (C=O) groups is 1. The molecule has 0 saturated carbocycles. The van der Waals surface area contributed by atoms with Crippen molar-refractivity contribution in [3.63, 3.8) is 0 Å². The van der Waals surface area contributed by atoms with E-state index >= 15 is 0 Å². The predicted molar refractivity (Wildman–Crippen MR) is 115 cm³/mol. The Morgan fingerprint density at radius 3 is 2.29 bits per heavy atom. The van der Waals surface area contributed by atoms with Crippen LogP contribution in [-0.2, 0) is 9.53 Å². The van der Waals surface area contributed by atoms with E-state index < -0.39 is 17.6 Å². The number of esters is 1. The Bertz CT molecular complexity index is 931. The van der Waals surface area contributed by atoms with Gasteiger partial charge in [0.25, 0.3) is 0 Å². The van der Waals surface area contributed by atoms with Gasteiger partial charge in [0.1, 0.15) is 0 Å². The van der Waals surface area contributed by atoms with E-state index in [1.165, 1.54) is 4.46 Å². The van der Waals surface area contributed by atoms with Crippen molar-refractivity contribution in [1.29, 1.82) is 0 Å². The van der Waals surface area contributed by atoms with Crippen LogP contribution in [0.2, 0.25) is 5.32 Å². The molecule has 3 rings (SSSR count). The fourth-order valence-corrected chi connectivity index (χ4v) is 5.17. The molecule has 4 heteroatoms. The Morgan fingerprint density at radius 2 is 1.61 bits per heavy atom. The molecule has 146 valence electrons. The van der Waals surface area contributed by atoms with Crippen molar-refractivity contribution in [1.82, 2.24) is 0 Å². The summed E-state index contributed by atoms with van der Waals surface area (Å²) in [6.45, 7) is 5.56. The summed E-state index contributed by atoms with van der Waals surface area (Å²) in [7, 11) is 0. The van der Waals surface area contributed by atoms with Crippen molar-refractivity contribution in [2.45, 2.75) is 37.8 Å². The van der Waals surface area contributed by atoms with Gasteiger partial charge in [0.05, 0.1) is 0 Å². The van der Waals surface area contributed by atoms with Gasteiger partial charge in [-0.3, -0.25) is 0 Å². The second-order valence-corrected chi connectivity index (χ2v) is 10.1. The number of carbonyl (C=O) groups excluding carboxylic acids is 1. The Morgan fingerprint density at radius 1 is 0.964 bits per heavy atom. The van der Waals surface area contributed by atoms with Gasteiger partial charge in [0, 0.05) is 0 Å². The third-order valence-electron chi connectivity index (χ3n) is 4.38. The van der Waals surface area contributed by atoms with Crippen LogP contribution in [0, 0.1) is 5.92 Å². The van der Waals surface area contributed by atoms with Crippen LogP contribution in [-0.4, -0.2) is 31.6 Å². The fraction of sp³-hybridized carbons (Fsp3) is 0.292. The molecular weight excluding hydrogens is 415 g/mol. The summed E-state index contributed by atoms with van der Waals surface area (Å²) < 4.78 is 6.83. The Hall–Kier alpha value is -2.13. The number of ether oxygens (including phenoxy) is 1. The third kappa shape index (κ3) is 5.45. The van der Waals surface area contributed by atoms with E-state index in [0.717, 1.165) is 16.3 Å². The van der Waals surface area contributed by atoms with E-state index in [1.807, 2.05) is 81.4 Å². The van der Waals surface area contributed by atoms with Gasteiger partial charge in [0.2, 0.25) is 0 Å². The van der Waals surface area contributed by atoms with Gasteiger partial charge in [-0.15, -0.1) is 0 Å². The van der Waals surface area contributed by atoms with Crippen LogP contribution >= 0.6 is 0 Å². The molecule has 0 aliphatic rings. The number of hydrogen-bond acceptors (Lipinski definition) is 3. The molecule has 0 saturated heterocycles. The van der Waals surface area contributed by atoms with Crippen molar-refractivity contribution in [2.24, 2.45) is 5.92 Å². The molecule has 0 bridgehead atoms. The van der Waals surface area contributed by atoms with Crippen molar-refractivity contribution < 1.29 is 14.6 Å². The molecule has 0 aliphatic carbocycles. The summed E-state index contributed by atoms with van der Waals surface area (Å²) >= 11 is 0.0701. The summed E-state index contributed by atoms with van der Waals surface area (Å²) in [4.78, 5) is 12.9.